The largest absolute Gasteiger partial charge is 0.362 e. The van der Waals surface area contributed by atoms with Crippen molar-refractivity contribution in [2.75, 3.05) is 5.32 Å². The average molecular weight is 313 g/mol. The summed E-state index contributed by atoms with van der Waals surface area (Å²) in [6, 6.07) is 22.8. The highest BCUT2D eigenvalue weighted by atomic mass is 14.9. The molecule has 1 heterocycles. The van der Waals surface area contributed by atoms with Crippen LogP contribution in [0.2, 0.25) is 0 Å². The Bertz CT molecular complexity index is 890. The highest BCUT2D eigenvalue weighted by Gasteiger charge is 2.07. The first kappa shape index (κ1) is 15.8. The number of aromatic nitrogens is 1. The molecule has 3 aromatic rings. The van der Waals surface area contributed by atoms with E-state index in [0.717, 1.165) is 5.69 Å². The molecule has 1 N–H and O–H groups in total. The van der Waals surface area contributed by atoms with E-state index in [1.165, 1.54) is 16.6 Å². The minimum atomic E-state index is 1.08. The van der Waals surface area contributed by atoms with Crippen molar-refractivity contribution < 1.29 is 4.57 Å². The summed E-state index contributed by atoms with van der Waals surface area (Å²) in [5.41, 5.74) is 3.49. The summed E-state index contributed by atoms with van der Waals surface area (Å²) in [4.78, 5) is 0. The number of hydrogen-bond donors (Lipinski definition) is 1. The molecule has 0 unspecified atom stereocenters. The lowest BCUT2D eigenvalue weighted by Crippen LogP contribution is -2.32. The van der Waals surface area contributed by atoms with Gasteiger partial charge >= 0.3 is 0 Å². The number of rotatable bonds is 5. The van der Waals surface area contributed by atoms with Gasteiger partial charge in [-0.3, -0.25) is 0 Å². The van der Waals surface area contributed by atoms with Gasteiger partial charge in [0.05, 0.1) is 0 Å². The summed E-state index contributed by atoms with van der Waals surface area (Å²) in [5.74, 6) is 0. The van der Waals surface area contributed by atoms with Crippen molar-refractivity contribution >= 4 is 22.7 Å². The van der Waals surface area contributed by atoms with Gasteiger partial charge in [-0.25, -0.2) is 0 Å². The summed E-state index contributed by atoms with van der Waals surface area (Å²) in [5, 5.41) is 4.47. The third-order valence-electron chi connectivity index (χ3n) is 3.84. The van der Waals surface area contributed by atoms with Crippen LogP contribution in [0.15, 0.2) is 97.2 Å². The van der Waals surface area contributed by atoms with Crippen LogP contribution in [0.4, 0.5) is 5.69 Å². The maximum Gasteiger partial charge on any atom is 0.212 e. The highest BCUT2D eigenvalue weighted by Crippen LogP contribution is 2.10. The van der Waals surface area contributed by atoms with E-state index >= 15 is 0 Å². The first-order chi connectivity index (χ1) is 11.8. The molecule has 0 radical (unpaired) electrons. The van der Waals surface area contributed by atoms with Gasteiger partial charge in [-0.15, -0.1) is 0 Å². The van der Waals surface area contributed by atoms with Crippen LogP contribution in [0.25, 0.3) is 17.0 Å². The van der Waals surface area contributed by atoms with Gasteiger partial charge in [0.15, 0.2) is 0 Å². The topological polar surface area (TPSA) is 15.9 Å². The molecule has 0 bridgehead atoms. The van der Waals surface area contributed by atoms with E-state index in [-0.39, 0.29) is 0 Å². The fraction of sp³-hybridized carbons (Fsp3) is 0.0455. The van der Waals surface area contributed by atoms with E-state index in [2.05, 4.69) is 65.5 Å². The number of anilines is 1. The van der Waals surface area contributed by atoms with Crippen LogP contribution in [-0.4, -0.2) is 0 Å². The van der Waals surface area contributed by atoms with E-state index < -0.39 is 0 Å². The molecule has 0 saturated carbocycles. The lowest BCUT2D eigenvalue weighted by molar-refractivity contribution is -0.646. The fourth-order valence-corrected chi connectivity index (χ4v) is 2.54. The number of benzene rings is 2. The molecule has 2 heteroatoms. The Kier molecular flexibility index (Phi) is 5.21. The molecule has 0 aliphatic rings. The van der Waals surface area contributed by atoms with Crippen molar-refractivity contribution in [3.05, 3.63) is 103 Å². The SMILES string of the molecule is C[n+]1c(/C=C/C=C/C=C/Nc2ccccc2)ccc2ccccc21. The Morgan fingerprint density at radius 1 is 0.750 bits per heavy atom. The van der Waals surface area contributed by atoms with Crippen LogP contribution in [0.5, 0.6) is 0 Å². The molecule has 0 fully saturated rings. The summed E-state index contributed by atoms with van der Waals surface area (Å²) < 4.78 is 2.20. The van der Waals surface area contributed by atoms with Crippen molar-refractivity contribution in [3.63, 3.8) is 0 Å². The minimum absolute atomic E-state index is 1.08. The van der Waals surface area contributed by atoms with Crippen LogP contribution < -0.4 is 9.88 Å². The molecule has 3 rings (SSSR count). The smallest absolute Gasteiger partial charge is 0.212 e. The number of fused-ring (bicyclic) bond motifs is 1. The van der Waals surface area contributed by atoms with Crippen LogP contribution in [0.1, 0.15) is 5.69 Å². The number of nitrogens with one attached hydrogen (secondary N) is 1. The molecular weight excluding hydrogens is 292 g/mol. The number of hydrogen-bond acceptors (Lipinski definition) is 1. The Hall–Kier alpha value is -3.13. The van der Waals surface area contributed by atoms with Gasteiger partial charge in [-0.1, -0.05) is 48.6 Å². The van der Waals surface area contributed by atoms with E-state index in [0.29, 0.717) is 0 Å². The molecule has 0 spiro atoms. The zero-order chi connectivity index (χ0) is 16.6. The lowest BCUT2D eigenvalue weighted by Gasteiger charge is -1.99. The molecule has 118 valence electrons. The Morgan fingerprint density at radius 2 is 1.50 bits per heavy atom. The molecule has 24 heavy (non-hydrogen) atoms. The predicted molar refractivity (Wildman–Crippen MR) is 103 cm³/mol. The molecule has 0 aliphatic heterocycles. The molecule has 0 atom stereocenters. The second kappa shape index (κ2) is 7.93. The summed E-state index contributed by atoms with van der Waals surface area (Å²) in [6.07, 6.45) is 12.1. The third kappa shape index (κ3) is 3.99. The average Bonchev–Trinajstić information content (AvgIpc) is 2.64. The van der Waals surface area contributed by atoms with Crippen molar-refractivity contribution in [2.45, 2.75) is 0 Å². The number of para-hydroxylation sites is 2. The molecule has 0 amide bonds. The number of aryl methyl sites for hydroxylation is 1. The van der Waals surface area contributed by atoms with Gasteiger partial charge in [-0.2, -0.15) is 4.57 Å². The third-order valence-corrected chi connectivity index (χ3v) is 3.84. The molecule has 0 aliphatic carbocycles. The molecular formula is C22H21N2+. The van der Waals surface area contributed by atoms with Crippen LogP contribution in [0.3, 0.4) is 0 Å². The molecule has 2 nitrogen and oxygen atoms in total. The molecule has 2 aromatic carbocycles. The van der Waals surface area contributed by atoms with Crippen LogP contribution >= 0.6 is 0 Å². The maximum absolute atomic E-state index is 3.22. The van der Waals surface area contributed by atoms with Crippen LogP contribution in [-0.2, 0) is 7.05 Å². The second-order valence-corrected chi connectivity index (χ2v) is 5.49. The number of nitrogens with zero attached hydrogens (tertiary/aromatic N) is 1. The summed E-state index contributed by atoms with van der Waals surface area (Å²) in [6.45, 7) is 0. The maximum atomic E-state index is 3.22. The quantitative estimate of drug-likeness (QED) is 0.525. The van der Waals surface area contributed by atoms with Crippen molar-refractivity contribution in [3.8, 4) is 0 Å². The van der Waals surface area contributed by atoms with Gasteiger partial charge in [0.25, 0.3) is 0 Å². The highest BCUT2D eigenvalue weighted by molar-refractivity contribution is 5.76. The fourth-order valence-electron chi connectivity index (χ4n) is 2.54. The zero-order valence-corrected chi connectivity index (χ0v) is 13.8. The predicted octanol–water partition coefficient (Wildman–Crippen LogP) is 4.86. The molecule has 1 aromatic heterocycles. The van der Waals surface area contributed by atoms with E-state index in [1.807, 2.05) is 54.8 Å². The number of allylic oxidation sites excluding steroid dienone is 4. The first-order valence-corrected chi connectivity index (χ1v) is 8.04. The Labute approximate surface area is 143 Å². The Balaban J connectivity index is 1.61. The zero-order valence-electron chi connectivity index (χ0n) is 13.8. The second-order valence-electron chi connectivity index (χ2n) is 5.49. The van der Waals surface area contributed by atoms with E-state index in [4.69, 9.17) is 0 Å². The minimum Gasteiger partial charge on any atom is -0.362 e. The van der Waals surface area contributed by atoms with Crippen LogP contribution in [0, 0.1) is 0 Å². The lowest BCUT2D eigenvalue weighted by atomic mass is 10.2. The van der Waals surface area contributed by atoms with Crippen molar-refractivity contribution in [1.29, 1.82) is 0 Å². The standard InChI is InChI=1S/C22H20N2/c1-24-21(17-16-19-11-8-9-15-22(19)24)14-7-2-3-10-18-23-20-12-5-4-6-13-20/h2-18H,1H3/p+1. The van der Waals surface area contributed by atoms with Gasteiger partial charge in [0.1, 0.15) is 7.05 Å². The number of pyridine rings is 1. The van der Waals surface area contributed by atoms with Gasteiger partial charge < -0.3 is 5.32 Å². The van der Waals surface area contributed by atoms with Crippen molar-refractivity contribution in [2.24, 2.45) is 7.05 Å². The van der Waals surface area contributed by atoms with Gasteiger partial charge in [0.2, 0.25) is 11.2 Å². The summed E-state index contributed by atoms with van der Waals surface area (Å²) in [7, 11) is 2.09. The first-order valence-electron chi connectivity index (χ1n) is 8.04. The van der Waals surface area contributed by atoms with E-state index in [9.17, 15) is 0 Å². The van der Waals surface area contributed by atoms with Crippen molar-refractivity contribution in [1.82, 2.24) is 0 Å². The Morgan fingerprint density at radius 3 is 2.38 bits per heavy atom. The summed E-state index contributed by atoms with van der Waals surface area (Å²) >= 11 is 0. The van der Waals surface area contributed by atoms with Gasteiger partial charge in [0, 0.05) is 35.5 Å². The van der Waals surface area contributed by atoms with E-state index in [1.54, 1.807) is 0 Å². The monoisotopic (exact) mass is 313 g/mol. The normalized spacial score (nSPS) is 11.9. The van der Waals surface area contributed by atoms with Gasteiger partial charge in [-0.05, 0) is 30.3 Å². The molecule has 0 saturated heterocycles.